The fourth-order valence-electron chi connectivity index (χ4n) is 1.45. The number of halogens is 3. The minimum atomic E-state index is -4.57. The molecule has 1 aromatic rings. The monoisotopic (exact) mass is 306 g/mol. The smallest absolute Gasteiger partial charge is 0.433 e. The highest BCUT2D eigenvalue weighted by Crippen LogP contribution is 2.28. The molecule has 116 valence electrons. The highest BCUT2D eigenvalue weighted by atomic mass is 19.4. The van der Waals surface area contributed by atoms with Gasteiger partial charge in [-0.05, 0) is 19.1 Å². The first-order chi connectivity index (χ1) is 9.71. The van der Waals surface area contributed by atoms with Crippen molar-refractivity contribution >= 4 is 11.9 Å². The van der Waals surface area contributed by atoms with Crippen molar-refractivity contribution in [2.75, 3.05) is 19.8 Å². The molecule has 0 atom stereocenters. The molecule has 1 heterocycles. The number of carbonyl (C=O) groups excluding carboxylic acids is 1. The number of aromatic nitrogens is 1. The number of hydrogen-bond acceptors (Lipinski definition) is 4. The van der Waals surface area contributed by atoms with Crippen LogP contribution in [0.4, 0.5) is 13.2 Å². The lowest BCUT2D eigenvalue weighted by molar-refractivity contribution is -0.142. The SMILES string of the molecule is Cc1nc(C(F)(F)F)ccc1C(=O)NCCOCC(=O)O. The molecule has 2 N–H and O–H groups in total. The van der Waals surface area contributed by atoms with Gasteiger partial charge in [-0.2, -0.15) is 13.2 Å². The third-order valence-electron chi connectivity index (χ3n) is 2.38. The van der Waals surface area contributed by atoms with E-state index in [9.17, 15) is 22.8 Å². The number of pyridine rings is 1. The quantitative estimate of drug-likeness (QED) is 0.772. The predicted molar refractivity (Wildman–Crippen MR) is 64.8 cm³/mol. The van der Waals surface area contributed by atoms with Crippen LogP contribution in [0.25, 0.3) is 0 Å². The van der Waals surface area contributed by atoms with Gasteiger partial charge in [0.2, 0.25) is 0 Å². The molecule has 0 fully saturated rings. The maximum absolute atomic E-state index is 12.4. The average molecular weight is 306 g/mol. The number of nitrogens with one attached hydrogen (secondary N) is 1. The molecule has 0 aliphatic rings. The molecule has 9 heteroatoms. The maximum Gasteiger partial charge on any atom is 0.433 e. The van der Waals surface area contributed by atoms with Crippen molar-refractivity contribution in [3.05, 3.63) is 29.1 Å². The fourth-order valence-corrected chi connectivity index (χ4v) is 1.45. The molecule has 21 heavy (non-hydrogen) atoms. The van der Waals surface area contributed by atoms with Crippen LogP contribution in [0.2, 0.25) is 0 Å². The Morgan fingerprint density at radius 1 is 1.38 bits per heavy atom. The molecule has 1 aromatic heterocycles. The van der Waals surface area contributed by atoms with Crippen molar-refractivity contribution in [1.29, 1.82) is 0 Å². The molecular weight excluding hydrogens is 293 g/mol. The molecule has 0 aliphatic heterocycles. The van der Waals surface area contributed by atoms with Gasteiger partial charge in [0, 0.05) is 6.54 Å². The van der Waals surface area contributed by atoms with Crippen molar-refractivity contribution in [2.24, 2.45) is 0 Å². The standard InChI is InChI=1S/C12H13F3N2O4/c1-7-8(2-3-9(17-7)12(13,14)15)11(20)16-4-5-21-6-10(18)19/h2-3H,4-6H2,1H3,(H,16,20)(H,18,19). The molecule has 0 saturated heterocycles. The first-order valence-corrected chi connectivity index (χ1v) is 5.84. The number of aliphatic carboxylic acids is 1. The summed E-state index contributed by atoms with van der Waals surface area (Å²) in [7, 11) is 0. The van der Waals surface area contributed by atoms with E-state index in [0.717, 1.165) is 12.1 Å². The highest BCUT2D eigenvalue weighted by molar-refractivity contribution is 5.95. The van der Waals surface area contributed by atoms with Crippen LogP contribution in [0.1, 0.15) is 21.7 Å². The first-order valence-electron chi connectivity index (χ1n) is 5.84. The molecule has 1 rings (SSSR count). The van der Waals surface area contributed by atoms with Gasteiger partial charge in [-0.25, -0.2) is 9.78 Å². The van der Waals surface area contributed by atoms with E-state index < -0.39 is 30.4 Å². The normalized spacial score (nSPS) is 11.2. The molecule has 0 unspecified atom stereocenters. The van der Waals surface area contributed by atoms with Crippen LogP contribution in [-0.4, -0.2) is 41.7 Å². The van der Waals surface area contributed by atoms with Crippen LogP contribution >= 0.6 is 0 Å². The number of carbonyl (C=O) groups is 2. The summed E-state index contributed by atoms with van der Waals surface area (Å²) in [6, 6.07) is 1.77. The lowest BCUT2D eigenvalue weighted by atomic mass is 10.1. The van der Waals surface area contributed by atoms with Crippen molar-refractivity contribution < 1.29 is 32.6 Å². The van der Waals surface area contributed by atoms with E-state index in [1.807, 2.05) is 0 Å². The van der Waals surface area contributed by atoms with Gasteiger partial charge < -0.3 is 15.2 Å². The molecule has 1 amide bonds. The average Bonchev–Trinajstić information content (AvgIpc) is 2.36. The predicted octanol–water partition coefficient (Wildman–Crippen LogP) is 1.24. The number of aryl methyl sites for hydroxylation is 1. The van der Waals surface area contributed by atoms with Gasteiger partial charge in [-0.3, -0.25) is 4.79 Å². The number of nitrogens with zero attached hydrogens (tertiary/aromatic N) is 1. The van der Waals surface area contributed by atoms with E-state index in [1.54, 1.807) is 0 Å². The van der Waals surface area contributed by atoms with E-state index in [2.05, 4.69) is 10.3 Å². The van der Waals surface area contributed by atoms with E-state index >= 15 is 0 Å². The van der Waals surface area contributed by atoms with Crippen LogP contribution < -0.4 is 5.32 Å². The fraction of sp³-hybridized carbons (Fsp3) is 0.417. The van der Waals surface area contributed by atoms with Gasteiger partial charge in [-0.1, -0.05) is 0 Å². The van der Waals surface area contributed by atoms with Crippen LogP contribution in [0, 0.1) is 6.92 Å². The molecule has 0 spiro atoms. The summed E-state index contributed by atoms with van der Waals surface area (Å²) in [5, 5.41) is 10.7. The number of ether oxygens (including phenoxy) is 1. The zero-order chi connectivity index (χ0) is 16.0. The van der Waals surface area contributed by atoms with Crippen molar-refractivity contribution in [3.63, 3.8) is 0 Å². The van der Waals surface area contributed by atoms with Crippen LogP contribution in [-0.2, 0) is 15.7 Å². The summed E-state index contributed by atoms with van der Waals surface area (Å²) in [6.45, 7) is 0.819. The molecule has 0 radical (unpaired) electrons. The zero-order valence-corrected chi connectivity index (χ0v) is 11.0. The number of amides is 1. The Hall–Kier alpha value is -2.16. The van der Waals surface area contributed by atoms with Crippen molar-refractivity contribution in [1.82, 2.24) is 10.3 Å². The number of carboxylic acid groups (broad SMARTS) is 1. The second-order valence-electron chi connectivity index (χ2n) is 4.03. The largest absolute Gasteiger partial charge is 0.480 e. The molecule has 0 aliphatic carbocycles. The molecule has 6 nitrogen and oxygen atoms in total. The minimum absolute atomic E-state index is 0.0150. The van der Waals surface area contributed by atoms with Crippen molar-refractivity contribution in [3.8, 4) is 0 Å². The number of rotatable bonds is 6. The Balaban J connectivity index is 2.57. The van der Waals surface area contributed by atoms with Crippen LogP contribution in [0.3, 0.4) is 0 Å². The lowest BCUT2D eigenvalue weighted by Gasteiger charge is -2.10. The van der Waals surface area contributed by atoms with Crippen LogP contribution in [0.5, 0.6) is 0 Å². The number of hydrogen-bond donors (Lipinski definition) is 2. The van der Waals surface area contributed by atoms with E-state index in [4.69, 9.17) is 9.84 Å². The molecular formula is C12H13F3N2O4. The van der Waals surface area contributed by atoms with Gasteiger partial charge >= 0.3 is 12.1 Å². The topological polar surface area (TPSA) is 88.5 Å². The summed E-state index contributed by atoms with van der Waals surface area (Å²) < 4.78 is 42.0. The Morgan fingerprint density at radius 2 is 2.05 bits per heavy atom. The molecule has 0 bridgehead atoms. The first kappa shape index (κ1) is 16.9. The van der Waals surface area contributed by atoms with E-state index in [-0.39, 0.29) is 24.4 Å². The summed E-state index contributed by atoms with van der Waals surface area (Å²) in [5.41, 5.74) is -1.10. The van der Waals surface area contributed by atoms with Gasteiger partial charge in [0.1, 0.15) is 12.3 Å². The van der Waals surface area contributed by atoms with Gasteiger partial charge in [-0.15, -0.1) is 0 Å². The van der Waals surface area contributed by atoms with Gasteiger partial charge in [0.05, 0.1) is 17.9 Å². The second-order valence-corrected chi connectivity index (χ2v) is 4.03. The third kappa shape index (κ3) is 5.38. The highest BCUT2D eigenvalue weighted by Gasteiger charge is 2.33. The third-order valence-corrected chi connectivity index (χ3v) is 2.38. The summed E-state index contributed by atoms with van der Waals surface area (Å²) in [6.07, 6.45) is -4.57. The van der Waals surface area contributed by atoms with E-state index in [1.165, 1.54) is 6.92 Å². The van der Waals surface area contributed by atoms with Crippen LogP contribution in [0.15, 0.2) is 12.1 Å². The molecule has 0 aromatic carbocycles. The van der Waals surface area contributed by atoms with Gasteiger partial charge in [0.15, 0.2) is 0 Å². The summed E-state index contributed by atoms with van der Waals surface area (Å²) in [4.78, 5) is 25.2. The number of carboxylic acids is 1. The number of alkyl halides is 3. The summed E-state index contributed by atoms with van der Waals surface area (Å²) >= 11 is 0. The van der Waals surface area contributed by atoms with Gasteiger partial charge in [0.25, 0.3) is 5.91 Å². The Labute approximate surface area is 117 Å². The molecule has 0 saturated carbocycles. The lowest BCUT2D eigenvalue weighted by Crippen LogP contribution is -2.29. The zero-order valence-electron chi connectivity index (χ0n) is 11.0. The minimum Gasteiger partial charge on any atom is -0.480 e. The van der Waals surface area contributed by atoms with E-state index in [0.29, 0.717) is 0 Å². The second kappa shape index (κ2) is 7.02. The Morgan fingerprint density at radius 3 is 2.57 bits per heavy atom. The summed E-state index contributed by atoms with van der Waals surface area (Å²) in [5.74, 6) is -1.74. The van der Waals surface area contributed by atoms with Crippen molar-refractivity contribution in [2.45, 2.75) is 13.1 Å². The maximum atomic E-state index is 12.4. The Bertz CT molecular complexity index is 532. The Kier molecular flexibility index (Phi) is 5.65.